The molecule has 2 saturated heterocycles. The molecule has 2 heterocycles. The first kappa shape index (κ1) is 22.1. The molecule has 2 nitrogen and oxygen atoms in total. The van der Waals surface area contributed by atoms with Gasteiger partial charge in [0.25, 0.3) is 0 Å². The van der Waals surface area contributed by atoms with E-state index in [0.717, 1.165) is 13.2 Å². The monoisotopic (exact) mass is 376 g/mol. The molecule has 0 N–H and O–H groups in total. The Bertz CT molecular complexity index is 486. The van der Waals surface area contributed by atoms with Crippen molar-refractivity contribution < 1.29 is 8.85 Å². The molecule has 1 unspecified atom stereocenters. The number of allylic oxidation sites excluding steroid dienone is 1. The Hall–Kier alpha value is -0.946. The minimum absolute atomic E-state index is 0.894. The fourth-order valence-corrected chi connectivity index (χ4v) is 6.79. The van der Waals surface area contributed by atoms with Crippen LogP contribution in [0.25, 0.3) is 6.08 Å². The number of rotatable bonds is 2. The van der Waals surface area contributed by atoms with Crippen molar-refractivity contribution in [3.05, 3.63) is 54.2 Å². The van der Waals surface area contributed by atoms with E-state index >= 15 is 0 Å². The van der Waals surface area contributed by atoms with E-state index in [9.17, 15) is 0 Å². The summed E-state index contributed by atoms with van der Waals surface area (Å²) in [4.78, 5) is 0. The van der Waals surface area contributed by atoms with Gasteiger partial charge >= 0.3 is 0 Å². The van der Waals surface area contributed by atoms with Gasteiger partial charge in [0.2, 0.25) is 9.04 Å². The second kappa shape index (κ2) is 12.4. The lowest BCUT2D eigenvalue weighted by Gasteiger charge is -2.27. The minimum atomic E-state index is -1.09. The molecule has 0 aromatic heterocycles. The molecule has 0 radical (unpaired) electrons. The highest BCUT2D eigenvalue weighted by Crippen LogP contribution is 2.20. The van der Waals surface area contributed by atoms with Crippen LogP contribution in [0.5, 0.6) is 0 Å². The second-order valence-electron chi connectivity index (χ2n) is 7.38. The topological polar surface area (TPSA) is 18.5 Å². The van der Waals surface area contributed by atoms with Crippen LogP contribution >= 0.6 is 0 Å². The Labute approximate surface area is 157 Å². The van der Waals surface area contributed by atoms with Gasteiger partial charge in [0.1, 0.15) is 0 Å². The van der Waals surface area contributed by atoms with Crippen molar-refractivity contribution >= 4 is 23.4 Å². The SMILES string of the molecule is C=C(C)[SiH]1CCCCO1.C=Cc1ccccc1.C[Si]1(C)CCCCO1. The summed E-state index contributed by atoms with van der Waals surface area (Å²) in [6.45, 7) is 16.3. The summed E-state index contributed by atoms with van der Waals surface area (Å²) in [5, 5.41) is 1.31. The highest BCUT2D eigenvalue weighted by atomic mass is 28.4. The smallest absolute Gasteiger partial charge is 0.203 e. The third-order valence-electron chi connectivity index (χ3n) is 4.43. The Balaban J connectivity index is 0.000000188. The predicted octanol–water partition coefficient (Wildman–Crippen LogP) is 5.97. The number of hydrogen-bond acceptors (Lipinski definition) is 2. The van der Waals surface area contributed by atoms with Gasteiger partial charge in [-0.05, 0) is 50.5 Å². The molecule has 1 aromatic rings. The van der Waals surface area contributed by atoms with Crippen LogP contribution in [0.4, 0.5) is 0 Å². The first-order chi connectivity index (χ1) is 11.9. The van der Waals surface area contributed by atoms with Gasteiger partial charge in [0.05, 0.1) is 0 Å². The summed E-state index contributed by atoms with van der Waals surface area (Å²) in [5.74, 6) is 0. The highest BCUT2D eigenvalue weighted by Gasteiger charge is 2.24. The fraction of sp³-hybridized carbons (Fsp3) is 0.524. The average Bonchev–Trinajstić information content (AvgIpc) is 2.64. The lowest BCUT2D eigenvalue weighted by molar-refractivity contribution is 0.275. The lowest BCUT2D eigenvalue weighted by Crippen LogP contribution is -2.33. The van der Waals surface area contributed by atoms with Gasteiger partial charge in [-0.1, -0.05) is 61.0 Å². The summed E-state index contributed by atoms with van der Waals surface area (Å²) in [6.07, 6.45) is 7.15. The predicted molar refractivity (Wildman–Crippen MR) is 116 cm³/mol. The van der Waals surface area contributed by atoms with Crippen LogP contribution in [0, 0.1) is 0 Å². The van der Waals surface area contributed by atoms with Crippen LogP contribution in [-0.2, 0) is 8.85 Å². The molecule has 0 spiro atoms. The van der Waals surface area contributed by atoms with Gasteiger partial charge in [0.15, 0.2) is 8.32 Å². The van der Waals surface area contributed by atoms with E-state index in [2.05, 4.69) is 33.2 Å². The second-order valence-corrected chi connectivity index (χ2v) is 14.6. The van der Waals surface area contributed by atoms with Crippen LogP contribution in [0.2, 0.25) is 25.2 Å². The zero-order valence-electron chi connectivity index (χ0n) is 16.4. The van der Waals surface area contributed by atoms with Crippen molar-refractivity contribution in [2.75, 3.05) is 13.2 Å². The number of hydrogen-bond donors (Lipinski definition) is 0. The van der Waals surface area contributed by atoms with Crippen LogP contribution < -0.4 is 0 Å². The Morgan fingerprint density at radius 3 is 2.08 bits per heavy atom. The Kier molecular flexibility index (Phi) is 11.0. The maximum Gasteiger partial charge on any atom is 0.203 e. The molecule has 2 aliphatic heterocycles. The van der Waals surface area contributed by atoms with Crippen molar-refractivity contribution in [1.29, 1.82) is 0 Å². The van der Waals surface area contributed by atoms with E-state index in [0.29, 0.717) is 0 Å². The molecule has 2 fully saturated rings. The third kappa shape index (κ3) is 10.6. The fourth-order valence-electron chi connectivity index (χ4n) is 2.79. The molecule has 1 aromatic carbocycles. The third-order valence-corrected chi connectivity index (χ3v) is 9.64. The van der Waals surface area contributed by atoms with Crippen molar-refractivity contribution in [2.24, 2.45) is 0 Å². The van der Waals surface area contributed by atoms with E-state index in [-0.39, 0.29) is 0 Å². The summed E-state index contributed by atoms with van der Waals surface area (Å²) < 4.78 is 11.2. The standard InChI is InChI=1S/C8H8.C7H14OSi.C6H14OSi/c1-2-8-6-4-3-5-7-8;1-7(2)9-6-4-3-5-8-9;1-8(2)6-4-3-5-7-8/h2-7H,1H2;9H,1,3-6H2,2H3;3-6H2,1-2H3. The van der Waals surface area contributed by atoms with Crippen LogP contribution in [0.3, 0.4) is 0 Å². The molecular weight excluding hydrogens is 340 g/mol. The molecule has 3 rings (SSSR count). The van der Waals surface area contributed by atoms with Crippen LogP contribution in [-0.4, -0.2) is 30.6 Å². The molecule has 25 heavy (non-hydrogen) atoms. The first-order valence-electron chi connectivity index (χ1n) is 9.53. The highest BCUT2D eigenvalue weighted by molar-refractivity contribution is 6.71. The van der Waals surface area contributed by atoms with Crippen LogP contribution in [0.15, 0.2) is 48.7 Å². The first-order valence-corrected chi connectivity index (χ1v) is 14.5. The lowest BCUT2D eigenvalue weighted by atomic mass is 10.2. The van der Waals surface area contributed by atoms with E-state index in [4.69, 9.17) is 8.85 Å². The van der Waals surface area contributed by atoms with Gasteiger partial charge in [0, 0.05) is 13.2 Å². The van der Waals surface area contributed by atoms with Crippen molar-refractivity contribution in [2.45, 2.75) is 57.8 Å². The maximum absolute atomic E-state index is 5.60. The summed E-state index contributed by atoms with van der Waals surface area (Å²) in [5.41, 5.74) is 1.17. The Morgan fingerprint density at radius 2 is 1.76 bits per heavy atom. The average molecular weight is 377 g/mol. The zero-order valence-corrected chi connectivity index (χ0v) is 18.6. The molecule has 0 saturated carbocycles. The van der Waals surface area contributed by atoms with Gasteiger partial charge < -0.3 is 8.85 Å². The van der Waals surface area contributed by atoms with E-state index in [1.54, 1.807) is 0 Å². The summed E-state index contributed by atoms with van der Waals surface area (Å²) >= 11 is 0. The van der Waals surface area contributed by atoms with Gasteiger partial charge in [-0.2, -0.15) is 0 Å². The zero-order chi connectivity index (χ0) is 18.5. The maximum atomic E-state index is 5.60. The van der Waals surface area contributed by atoms with E-state index in [1.165, 1.54) is 48.5 Å². The minimum Gasteiger partial charge on any atom is -0.417 e. The molecule has 0 amide bonds. The van der Waals surface area contributed by atoms with Crippen molar-refractivity contribution in [3.63, 3.8) is 0 Å². The number of benzene rings is 1. The Morgan fingerprint density at radius 1 is 1.08 bits per heavy atom. The molecule has 140 valence electrons. The van der Waals surface area contributed by atoms with Gasteiger partial charge in [-0.25, -0.2) is 0 Å². The quantitative estimate of drug-likeness (QED) is 0.592. The van der Waals surface area contributed by atoms with Gasteiger partial charge in [-0.3, -0.25) is 0 Å². The molecule has 2 aliphatic rings. The van der Waals surface area contributed by atoms with Gasteiger partial charge in [-0.15, -0.1) is 6.58 Å². The molecule has 0 bridgehead atoms. The largest absolute Gasteiger partial charge is 0.417 e. The van der Waals surface area contributed by atoms with E-state index in [1.807, 2.05) is 36.4 Å². The molecule has 1 atom stereocenters. The molecule has 0 aliphatic carbocycles. The molecular formula is C21H36O2Si2. The normalized spacial score (nSPS) is 21.6. The van der Waals surface area contributed by atoms with Crippen molar-refractivity contribution in [1.82, 2.24) is 0 Å². The van der Waals surface area contributed by atoms with Crippen molar-refractivity contribution in [3.8, 4) is 0 Å². The summed E-state index contributed by atoms with van der Waals surface area (Å²) in [7, 11) is -1.98. The summed E-state index contributed by atoms with van der Waals surface area (Å²) in [6, 6.07) is 12.7. The van der Waals surface area contributed by atoms with Crippen LogP contribution in [0.1, 0.15) is 38.2 Å². The van der Waals surface area contributed by atoms with E-state index < -0.39 is 17.4 Å². The molecule has 4 heteroatoms.